The maximum Gasteiger partial charge on any atom is 0.0961 e. The van der Waals surface area contributed by atoms with E-state index in [1.807, 2.05) is 11.3 Å². The van der Waals surface area contributed by atoms with Gasteiger partial charge in [-0.3, -0.25) is 0 Å². The number of aryl methyl sites for hydroxylation is 2. The van der Waals surface area contributed by atoms with Gasteiger partial charge in [0.15, 0.2) is 0 Å². The molecule has 1 saturated carbocycles. The molecule has 0 bridgehead atoms. The Labute approximate surface area is 101 Å². The first-order valence-electron chi connectivity index (χ1n) is 6.14. The molecule has 86 valence electrons. The fourth-order valence-corrected chi connectivity index (χ4v) is 3.61. The minimum atomic E-state index is 0.618. The molecule has 1 fully saturated rings. The van der Waals surface area contributed by atoms with Crippen LogP contribution in [-0.2, 0) is 6.42 Å². The summed E-state index contributed by atoms with van der Waals surface area (Å²) in [5.74, 6) is 0.702. The van der Waals surface area contributed by atoms with Crippen molar-refractivity contribution in [2.45, 2.75) is 57.8 Å². The molecular weight excluding hydrogens is 216 g/mol. The predicted molar refractivity (Wildman–Crippen MR) is 66.6 cm³/mol. The van der Waals surface area contributed by atoms with Crippen molar-refractivity contribution >= 4 is 11.3 Å². The Kier molecular flexibility index (Phi) is 3.95. The van der Waals surface area contributed by atoms with Gasteiger partial charge in [0.2, 0.25) is 0 Å². The minimum Gasteiger partial charge on any atom is -0.246 e. The van der Waals surface area contributed by atoms with Crippen LogP contribution in [0.5, 0.6) is 0 Å². The second-order valence-corrected chi connectivity index (χ2v) is 5.67. The summed E-state index contributed by atoms with van der Waals surface area (Å²) in [7, 11) is 0. The van der Waals surface area contributed by atoms with E-state index >= 15 is 0 Å². The van der Waals surface area contributed by atoms with Crippen molar-refractivity contribution in [1.82, 2.24) is 4.98 Å². The van der Waals surface area contributed by atoms with Gasteiger partial charge in [-0.1, -0.05) is 19.3 Å². The zero-order chi connectivity index (χ0) is 11.4. The van der Waals surface area contributed by atoms with Gasteiger partial charge in [0.05, 0.1) is 16.8 Å². The SMILES string of the molecule is Cc1nc(C2CCCCC2)sc1CCC#N. The number of rotatable bonds is 3. The summed E-state index contributed by atoms with van der Waals surface area (Å²) in [6.45, 7) is 2.08. The third-order valence-electron chi connectivity index (χ3n) is 3.33. The van der Waals surface area contributed by atoms with Crippen LogP contribution in [0.3, 0.4) is 0 Å². The molecule has 3 heteroatoms. The smallest absolute Gasteiger partial charge is 0.0961 e. The molecule has 0 aromatic carbocycles. The van der Waals surface area contributed by atoms with Crippen molar-refractivity contribution in [2.24, 2.45) is 0 Å². The lowest BCUT2D eigenvalue weighted by Gasteiger charge is -2.18. The number of thiazole rings is 1. The van der Waals surface area contributed by atoms with Gasteiger partial charge in [0.1, 0.15) is 0 Å². The van der Waals surface area contributed by atoms with Gasteiger partial charge in [-0.2, -0.15) is 5.26 Å². The van der Waals surface area contributed by atoms with Gasteiger partial charge in [0, 0.05) is 17.2 Å². The van der Waals surface area contributed by atoms with Crippen LogP contribution in [0.2, 0.25) is 0 Å². The van der Waals surface area contributed by atoms with E-state index in [1.165, 1.54) is 42.0 Å². The largest absolute Gasteiger partial charge is 0.246 e. The molecule has 2 nitrogen and oxygen atoms in total. The molecule has 1 aliphatic rings. The molecule has 1 heterocycles. The zero-order valence-electron chi connectivity index (χ0n) is 9.83. The Bertz CT molecular complexity index is 383. The van der Waals surface area contributed by atoms with Crippen molar-refractivity contribution in [3.8, 4) is 6.07 Å². The lowest BCUT2D eigenvalue weighted by molar-refractivity contribution is 0.442. The number of aromatic nitrogens is 1. The fraction of sp³-hybridized carbons (Fsp3) is 0.692. The Morgan fingerprint density at radius 2 is 2.12 bits per heavy atom. The molecule has 1 aromatic heterocycles. The molecule has 2 rings (SSSR count). The van der Waals surface area contributed by atoms with Crippen LogP contribution in [0.4, 0.5) is 0 Å². The molecule has 0 amide bonds. The molecule has 0 atom stereocenters. The first-order chi connectivity index (χ1) is 7.81. The number of nitrogens with zero attached hydrogens (tertiary/aromatic N) is 2. The Morgan fingerprint density at radius 1 is 1.38 bits per heavy atom. The summed E-state index contributed by atoms with van der Waals surface area (Å²) < 4.78 is 0. The first-order valence-corrected chi connectivity index (χ1v) is 6.96. The quantitative estimate of drug-likeness (QED) is 0.794. The Morgan fingerprint density at radius 3 is 2.81 bits per heavy atom. The summed E-state index contributed by atoms with van der Waals surface area (Å²) in [5, 5.41) is 9.93. The van der Waals surface area contributed by atoms with Crippen molar-refractivity contribution in [2.75, 3.05) is 0 Å². The van der Waals surface area contributed by atoms with Crippen LogP contribution in [0.15, 0.2) is 0 Å². The third kappa shape index (κ3) is 2.62. The van der Waals surface area contributed by atoms with E-state index in [0.29, 0.717) is 12.3 Å². The first kappa shape index (κ1) is 11.6. The van der Waals surface area contributed by atoms with Crippen molar-refractivity contribution < 1.29 is 0 Å². The van der Waals surface area contributed by atoms with Gasteiger partial charge in [0.25, 0.3) is 0 Å². The number of hydrogen-bond acceptors (Lipinski definition) is 3. The summed E-state index contributed by atoms with van der Waals surface area (Å²) in [5.41, 5.74) is 1.15. The van der Waals surface area contributed by atoms with E-state index in [4.69, 9.17) is 10.2 Å². The van der Waals surface area contributed by atoms with Crippen molar-refractivity contribution in [3.05, 3.63) is 15.6 Å². The van der Waals surface area contributed by atoms with E-state index in [0.717, 1.165) is 12.1 Å². The molecule has 0 radical (unpaired) electrons. The molecule has 0 N–H and O–H groups in total. The van der Waals surface area contributed by atoms with E-state index in [-0.39, 0.29) is 0 Å². The average Bonchev–Trinajstić information content (AvgIpc) is 2.69. The zero-order valence-corrected chi connectivity index (χ0v) is 10.6. The fourth-order valence-electron chi connectivity index (χ4n) is 2.38. The highest BCUT2D eigenvalue weighted by atomic mass is 32.1. The van der Waals surface area contributed by atoms with Crippen LogP contribution >= 0.6 is 11.3 Å². The molecule has 1 aliphatic carbocycles. The highest BCUT2D eigenvalue weighted by molar-refractivity contribution is 7.11. The second kappa shape index (κ2) is 5.45. The Hall–Kier alpha value is -0.880. The second-order valence-electron chi connectivity index (χ2n) is 4.55. The highest BCUT2D eigenvalue weighted by Crippen LogP contribution is 2.36. The van der Waals surface area contributed by atoms with Gasteiger partial charge in [-0.25, -0.2) is 4.98 Å². The normalized spacial score (nSPS) is 17.2. The number of hydrogen-bond donors (Lipinski definition) is 0. The molecular formula is C13H18N2S. The summed E-state index contributed by atoms with van der Waals surface area (Å²) >= 11 is 1.84. The van der Waals surface area contributed by atoms with Crippen LogP contribution in [0, 0.1) is 18.3 Å². The monoisotopic (exact) mass is 234 g/mol. The van der Waals surface area contributed by atoms with Crippen LogP contribution < -0.4 is 0 Å². The molecule has 1 aromatic rings. The summed E-state index contributed by atoms with van der Waals surface area (Å²) in [4.78, 5) is 6.02. The topological polar surface area (TPSA) is 36.7 Å². The standard InChI is InChI=1S/C13H18N2S/c1-10-12(8-5-9-14)16-13(15-10)11-6-3-2-4-7-11/h11H,2-8H2,1H3. The summed E-state index contributed by atoms with van der Waals surface area (Å²) in [6.07, 6.45) is 8.23. The lowest BCUT2D eigenvalue weighted by atomic mass is 9.90. The Balaban J connectivity index is 2.07. The van der Waals surface area contributed by atoms with Crippen LogP contribution in [0.25, 0.3) is 0 Å². The van der Waals surface area contributed by atoms with E-state index in [9.17, 15) is 0 Å². The van der Waals surface area contributed by atoms with Gasteiger partial charge in [-0.15, -0.1) is 11.3 Å². The maximum atomic E-state index is 8.61. The molecule has 0 spiro atoms. The van der Waals surface area contributed by atoms with Crippen LogP contribution in [-0.4, -0.2) is 4.98 Å². The minimum absolute atomic E-state index is 0.618. The maximum absolute atomic E-state index is 8.61. The lowest BCUT2D eigenvalue weighted by Crippen LogP contribution is -2.03. The third-order valence-corrected chi connectivity index (χ3v) is 4.71. The molecule has 0 aliphatic heterocycles. The highest BCUT2D eigenvalue weighted by Gasteiger charge is 2.19. The molecule has 0 saturated heterocycles. The molecule has 0 unspecified atom stereocenters. The average molecular weight is 234 g/mol. The van der Waals surface area contributed by atoms with Crippen molar-refractivity contribution in [3.63, 3.8) is 0 Å². The predicted octanol–water partition coefficient (Wildman–Crippen LogP) is 3.96. The van der Waals surface area contributed by atoms with Gasteiger partial charge < -0.3 is 0 Å². The molecule has 16 heavy (non-hydrogen) atoms. The van der Waals surface area contributed by atoms with E-state index in [1.54, 1.807) is 0 Å². The van der Waals surface area contributed by atoms with Crippen LogP contribution in [0.1, 0.15) is 60.0 Å². The van der Waals surface area contributed by atoms with Crippen molar-refractivity contribution in [1.29, 1.82) is 5.26 Å². The van der Waals surface area contributed by atoms with E-state index < -0.39 is 0 Å². The van der Waals surface area contributed by atoms with E-state index in [2.05, 4.69) is 13.0 Å². The summed E-state index contributed by atoms with van der Waals surface area (Å²) in [6, 6.07) is 2.21. The van der Waals surface area contributed by atoms with Gasteiger partial charge in [-0.05, 0) is 26.2 Å². The van der Waals surface area contributed by atoms with Gasteiger partial charge >= 0.3 is 0 Å². The number of nitriles is 1.